The largest absolute Gasteiger partial charge is 0.341 e. The zero-order valence-electron chi connectivity index (χ0n) is 17.7. The van der Waals surface area contributed by atoms with E-state index in [1.165, 1.54) is 6.42 Å². The van der Waals surface area contributed by atoms with Crippen LogP contribution in [-0.4, -0.2) is 50.6 Å². The third-order valence-electron chi connectivity index (χ3n) is 6.87. The minimum Gasteiger partial charge on any atom is -0.341 e. The maximum absolute atomic E-state index is 13.2. The molecule has 3 aliphatic rings. The Labute approximate surface area is 175 Å². The predicted octanol–water partition coefficient (Wildman–Crippen LogP) is 1.92. The number of likely N-dealkylation sites (tertiary alicyclic amines) is 1. The smallest absolute Gasteiger partial charge is 0.255 e. The van der Waals surface area contributed by atoms with Gasteiger partial charge in [0.2, 0.25) is 11.8 Å². The molecule has 2 aromatic heterocycles. The van der Waals surface area contributed by atoms with Gasteiger partial charge in [0.05, 0.1) is 6.54 Å². The van der Waals surface area contributed by atoms with Crippen molar-refractivity contribution >= 4 is 5.91 Å². The van der Waals surface area contributed by atoms with Gasteiger partial charge in [0.1, 0.15) is 0 Å². The Morgan fingerprint density at radius 2 is 2.07 bits per heavy atom. The molecule has 2 aliphatic heterocycles. The molecule has 2 atom stereocenters. The van der Waals surface area contributed by atoms with Crippen LogP contribution in [0, 0.1) is 18.8 Å². The number of hydrogen-bond acceptors (Lipinski definition) is 6. The number of amides is 1. The molecule has 0 spiro atoms. The number of carbonyl (C=O) groups excluding carboxylic acids is 1. The van der Waals surface area contributed by atoms with Crippen LogP contribution in [0.5, 0.6) is 0 Å². The summed E-state index contributed by atoms with van der Waals surface area (Å²) in [7, 11) is 1.95. The zero-order chi connectivity index (χ0) is 20.8. The van der Waals surface area contributed by atoms with E-state index in [-0.39, 0.29) is 17.4 Å². The molecule has 1 saturated heterocycles. The Kier molecular flexibility index (Phi) is 4.97. The van der Waals surface area contributed by atoms with Gasteiger partial charge in [-0.3, -0.25) is 14.5 Å². The Hall–Kier alpha value is -2.48. The highest BCUT2D eigenvalue weighted by atomic mass is 16.5. The second-order valence-electron chi connectivity index (χ2n) is 9.27. The molecule has 8 heteroatoms. The highest BCUT2D eigenvalue weighted by Crippen LogP contribution is 2.37. The van der Waals surface area contributed by atoms with Gasteiger partial charge in [-0.05, 0) is 38.3 Å². The maximum Gasteiger partial charge on any atom is 0.255 e. The predicted molar refractivity (Wildman–Crippen MR) is 110 cm³/mol. The summed E-state index contributed by atoms with van der Waals surface area (Å²) in [6.07, 6.45) is 4.34. The lowest BCUT2D eigenvalue weighted by Crippen LogP contribution is -2.51. The second kappa shape index (κ2) is 7.65. The summed E-state index contributed by atoms with van der Waals surface area (Å²) in [6.45, 7) is 5.09. The molecule has 1 amide bonds. The van der Waals surface area contributed by atoms with E-state index in [2.05, 4.69) is 21.1 Å². The van der Waals surface area contributed by atoms with E-state index in [1.807, 2.05) is 22.6 Å². The molecule has 2 fully saturated rings. The van der Waals surface area contributed by atoms with E-state index in [9.17, 15) is 9.59 Å². The average Bonchev–Trinajstić information content (AvgIpc) is 3.07. The fourth-order valence-electron chi connectivity index (χ4n) is 5.20. The number of rotatable bonds is 5. The number of pyridine rings is 1. The number of aryl methyl sites for hydroxylation is 1. The van der Waals surface area contributed by atoms with Crippen molar-refractivity contribution in [3.05, 3.63) is 45.5 Å². The van der Waals surface area contributed by atoms with Crippen LogP contribution in [0.2, 0.25) is 0 Å². The van der Waals surface area contributed by atoms with Crippen molar-refractivity contribution in [2.75, 3.05) is 20.1 Å². The van der Waals surface area contributed by atoms with Crippen LogP contribution in [0.4, 0.5) is 0 Å². The molecule has 160 valence electrons. The van der Waals surface area contributed by atoms with Crippen LogP contribution >= 0.6 is 0 Å². The molecule has 1 saturated carbocycles. The lowest BCUT2D eigenvalue weighted by Gasteiger charge is -2.44. The minimum absolute atomic E-state index is 0.0945. The summed E-state index contributed by atoms with van der Waals surface area (Å²) < 4.78 is 6.99. The Morgan fingerprint density at radius 3 is 2.77 bits per heavy atom. The van der Waals surface area contributed by atoms with Crippen LogP contribution < -0.4 is 5.56 Å². The van der Waals surface area contributed by atoms with E-state index in [0.717, 1.165) is 43.6 Å². The average molecular weight is 412 g/mol. The van der Waals surface area contributed by atoms with Crippen molar-refractivity contribution in [1.29, 1.82) is 0 Å². The first-order chi connectivity index (χ1) is 14.5. The number of piperidine rings is 1. The summed E-state index contributed by atoms with van der Waals surface area (Å²) in [5, 5.41) is 3.93. The molecule has 4 heterocycles. The Morgan fingerprint density at radius 1 is 1.23 bits per heavy atom. The molecule has 8 nitrogen and oxygen atoms in total. The Balaban J connectivity index is 1.31. The van der Waals surface area contributed by atoms with Crippen molar-refractivity contribution in [1.82, 2.24) is 24.5 Å². The summed E-state index contributed by atoms with van der Waals surface area (Å²) >= 11 is 0. The molecular weight excluding hydrogens is 382 g/mol. The normalized spacial score (nSPS) is 23.4. The van der Waals surface area contributed by atoms with Crippen molar-refractivity contribution in [2.45, 2.75) is 58.2 Å². The second-order valence-corrected chi connectivity index (χ2v) is 9.27. The monoisotopic (exact) mass is 411 g/mol. The van der Waals surface area contributed by atoms with Gasteiger partial charge in [0, 0.05) is 56.2 Å². The quantitative estimate of drug-likeness (QED) is 0.747. The van der Waals surface area contributed by atoms with E-state index >= 15 is 0 Å². The first-order valence-corrected chi connectivity index (χ1v) is 11.0. The summed E-state index contributed by atoms with van der Waals surface area (Å²) in [5.74, 6) is 2.38. The number of carbonyl (C=O) groups is 1. The topological polar surface area (TPSA) is 84.5 Å². The van der Waals surface area contributed by atoms with Crippen LogP contribution in [0.3, 0.4) is 0 Å². The molecule has 0 N–H and O–H groups in total. The van der Waals surface area contributed by atoms with Crippen LogP contribution in [0.1, 0.15) is 54.6 Å². The van der Waals surface area contributed by atoms with Gasteiger partial charge in [0.25, 0.3) is 5.56 Å². The molecule has 30 heavy (non-hydrogen) atoms. The number of fused-ring (bicyclic) bond motifs is 4. The molecule has 2 aromatic rings. The first kappa shape index (κ1) is 19.5. The third-order valence-corrected chi connectivity index (χ3v) is 6.87. The maximum atomic E-state index is 13.2. The van der Waals surface area contributed by atoms with E-state index in [0.29, 0.717) is 43.2 Å². The van der Waals surface area contributed by atoms with Gasteiger partial charge < -0.3 is 14.0 Å². The molecule has 0 unspecified atom stereocenters. The number of hydrogen-bond donors (Lipinski definition) is 0. The molecule has 2 bridgehead atoms. The highest BCUT2D eigenvalue weighted by Gasteiger charge is 2.39. The molecule has 1 aliphatic carbocycles. The fraction of sp³-hybridized carbons (Fsp3) is 0.636. The van der Waals surface area contributed by atoms with Crippen molar-refractivity contribution in [3.63, 3.8) is 0 Å². The zero-order valence-corrected chi connectivity index (χ0v) is 17.7. The lowest BCUT2D eigenvalue weighted by atomic mass is 9.80. The van der Waals surface area contributed by atoms with Gasteiger partial charge in [-0.2, -0.15) is 4.98 Å². The standard InChI is InChI=1S/C22H29N5O3/c1-14-23-20(24-30-14)13-25(2)11-17-6-7-19-18-8-15(10-27(19)22(17)29)9-26(12-18)21(28)16-4-3-5-16/h6-7,15-16,18H,3-5,8-13H2,1-2H3/t15-,18+/m0/s1. The van der Waals surface area contributed by atoms with Gasteiger partial charge in [-0.1, -0.05) is 17.6 Å². The van der Waals surface area contributed by atoms with E-state index < -0.39 is 0 Å². The Bertz CT molecular complexity index is 1010. The van der Waals surface area contributed by atoms with Crippen molar-refractivity contribution < 1.29 is 9.32 Å². The highest BCUT2D eigenvalue weighted by molar-refractivity contribution is 5.79. The molecule has 0 aromatic carbocycles. The lowest BCUT2D eigenvalue weighted by molar-refractivity contribution is -0.141. The van der Waals surface area contributed by atoms with Crippen LogP contribution in [-0.2, 0) is 24.4 Å². The SMILES string of the molecule is Cc1nc(CN(C)Cc2ccc3n(c2=O)C[C@H]2C[C@@H]3CN(C(=O)C3CCC3)C2)no1. The summed E-state index contributed by atoms with van der Waals surface area (Å²) in [5.41, 5.74) is 1.96. The van der Waals surface area contributed by atoms with Gasteiger partial charge >= 0.3 is 0 Å². The molecule has 0 radical (unpaired) electrons. The number of nitrogens with zero attached hydrogens (tertiary/aromatic N) is 5. The van der Waals surface area contributed by atoms with Gasteiger partial charge in [-0.25, -0.2) is 0 Å². The summed E-state index contributed by atoms with van der Waals surface area (Å²) in [6, 6.07) is 4.06. The van der Waals surface area contributed by atoms with Gasteiger partial charge in [0.15, 0.2) is 5.82 Å². The third kappa shape index (κ3) is 3.57. The van der Waals surface area contributed by atoms with Crippen LogP contribution in [0.15, 0.2) is 21.5 Å². The fourth-order valence-corrected chi connectivity index (χ4v) is 5.20. The van der Waals surface area contributed by atoms with Crippen molar-refractivity contribution in [3.8, 4) is 0 Å². The van der Waals surface area contributed by atoms with Crippen LogP contribution in [0.25, 0.3) is 0 Å². The van der Waals surface area contributed by atoms with E-state index in [4.69, 9.17) is 4.52 Å². The number of aromatic nitrogens is 3. The summed E-state index contributed by atoms with van der Waals surface area (Å²) in [4.78, 5) is 34.3. The first-order valence-electron chi connectivity index (χ1n) is 11.0. The van der Waals surface area contributed by atoms with Crippen molar-refractivity contribution in [2.24, 2.45) is 11.8 Å². The molecule has 5 rings (SSSR count). The minimum atomic E-state index is 0.0945. The molecular formula is C22H29N5O3. The van der Waals surface area contributed by atoms with E-state index in [1.54, 1.807) is 6.92 Å². The van der Waals surface area contributed by atoms with Gasteiger partial charge in [-0.15, -0.1) is 0 Å².